The minimum Gasteiger partial charge on any atom is -0.295 e. The molecule has 3 aliphatic rings. The third kappa shape index (κ3) is 7.15. The molecule has 2 unspecified atom stereocenters. The van der Waals surface area contributed by atoms with E-state index < -0.39 is 35.3 Å². The summed E-state index contributed by atoms with van der Waals surface area (Å²) in [7, 11) is 0. The van der Waals surface area contributed by atoms with Gasteiger partial charge >= 0.3 is 105 Å². The molecule has 1 saturated heterocycles. The Morgan fingerprint density at radius 3 is 2.60 bits per heavy atom. The zero-order valence-electron chi connectivity index (χ0n) is 23.3. The van der Waals surface area contributed by atoms with Crippen LogP contribution in [0.1, 0.15) is 79.8 Å². The van der Waals surface area contributed by atoms with Crippen LogP contribution < -0.4 is 10.6 Å². The third-order valence-electron chi connectivity index (χ3n) is 7.57. The summed E-state index contributed by atoms with van der Waals surface area (Å²) in [5.41, 5.74) is 0.561. The van der Waals surface area contributed by atoms with Crippen LogP contribution in [-0.2, 0) is 23.9 Å². The molecular weight excluding hydrogens is 703 g/mol. The van der Waals surface area contributed by atoms with E-state index in [9.17, 15) is 24.0 Å². The molecule has 0 spiro atoms. The van der Waals surface area contributed by atoms with Gasteiger partial charge in [-0.3, -0.25) is 29.4 Å². The van der Waals surface area contributed by atoms with Crippen molar-refractivity contribution in [2.45, 2.75) is 78.4 Å². The van der Waals surface area contributed by atoms with Crippen LogP contribution >= 0.6 is 0 Å². The van der Waals surface area contributed by atoms with Gasteiger partial charge in [0.15, 0.2) is 0 Å². The molecule has 1 fully saturated rings. The summed E-state index contributed by atoms with van der Waals surface area (Å²) in [6.45, 7) is 2.15. The number of nitrogens with one attached hydrogen (secondary N) is 2. The Kier molecular flexibility index (Phi) is 10.5. The van der Waals surface area contributed by atoms with E-state index in [1.807, 2.05) is 0 Å². The number of carbonyl (C=O) groups excluding carboxylic acids is 5. The van der Waals surface area contributed by atoms with Crippen molar-refractivity contribution in [2.24, 2.45) is 0 Å². The Hall–Kier alpha value is -2.67. The number of ether oxygens (including phenoxy) is 1. The Morgan fingerprint density at radius 2 is 1.85 bits per heavy atom. The predicted molar refractivity (Wildman–Crippen MR) is 152 cm³/mol. The number of hydrogen-bond acceptors (Lipinski definition) is 6. The first-order valence-electron chi connectivity index (χ1n) is 14.2. The van der Waals surface area contributed by atoms with E-state index in [0.29, 0.717) is 23.2 Å². The molecular formula is C30H37N3O6Tl. The molecule has 5 amide bonds. The van der Waals surface area contributed by atoms with Crippen molar-refractivity contribution in [2.75, 3.05) is 13.2 Å². The van der Waals surface area contributed by atoms with Crippen molar-refractivity contribution in [1.82, 2.24) is 15.5 Å². The first kappa shape index (κ1) is 30.3. The van der Waals surface area contributed by atoms with E-state index in [1.165, 1.54) is 29.7 Å². The van der Waals surface area contributed by atoms with E-state index in [-0.39, 0.29) is 55.2 Å². The maximum atomic E-state index is 13.7. The number of imide groups is 2. The second-order valence-electron chi connectivity index (χ2n) is 10.7. The van der Waals surface area contributed by atoms with Crippen LogP contribution in [0.25, 0.3) is 11.6 Å². The quantitative estimate of drug-likeness (QED) is 0.182. The standard InChI is InChI=1S/C29H34N3O6.CH3.Tl/c1-3-4-5-6-7-8-16-30-24(34)18-38-29(2)15-14-19-10-9-11-20-25(19)21(17-29)28(37)32(27(20)36)22-12-13-23(33)31-26(22)35;;/h9-11,14-15,17,22H,1,3-8,12-13,16,18H2,2H3,(H,30,34)(H,31,33,35);1H3;. The van der Waals surface area contributed by atoms with Gasteiger partial charge in [-0.05, 0) is 37.1 Å². The summed E-state index contributed by atoms with van der Waals surface area (Å²) in [4.78, 5) is 64.9. The Labute approximate surface area is 247 Å². The van der Waals surface area contributed by atoms with Gasteiger partial charge in [0.2, 0.25) is 11.8 Å². The van der Waals surface area contributed by atoms with Crippen LogP contribution in [0.3, 0.4) is 0 Å². The number of hydrogen-bond donors (Lipinski definition) is 2. The van der Waals surface area contributed by atoms with Crippen LogP contribution in [0, 0.1) is 0 Å². The summed E-state index contributed by atoms with van der Waals surface area (Å²) in [6.07, 6.45) is 12.4. The number of piperidine rings is 1. The van der Waals surface area contributed by atoms with Crippen LogP contribution in [-0.4, -0.2) is 83.5 Å². The molecule has 1 aromatic rings. The van der Waals surface area contributed by atoms with Gasteiger partial charge in [-0.15, -0.1) is 0 Å². The van der Waals surface area contributed by atoms with Crippen molar-refractivity contribution in [3.05, 3.63) is 47.0 Å². The minimum atomic E-state index is -1.11. The van der Waals surface area contributed by atoms with Crippen LogP contribution in [0.2, 0.25) is 8.46 Å². The van der Waals surface area contributed by atoms with E-state index in [4.69, 9.17) is 4.74 Å². The Bertz CT molecular complexity index is 1240. The van der Waals surface area contributed by atoms with Gasteiger partial charge in [0, 0.05) is 23.1 Å². The number of rotatable bonds is 13. The molecule has 2 atom stereocenters. The van der Waals surface area contributed by atoms with Crippen LogP contribution in [0.5, 0.6) is 0 Å². The average Bonchev–Trinajstić information content (AvgIpc) is 3.08. The molecule has 1 aromatic carbocycles. The molecule has 2 N–H and O–H groups in total. The molecule has 0 bridgehead atoms. The number of unbranched alkanes of at least 4 members (excludes halogenated alkanes) is 5. The molecule has 211 valence electrons. The van der Waals surface area contributed by atoms with Crippen molar-refractivity contribution in [3.63, 3.8) is 0 Å². The van der Waals surface area contributed by atoms with Crippen molar-refractivity contribution < 1.29 is 28.7 Å². The second kappa shape index (κ2) is 13.8. The van der Waals surface area contributed by atoms with Gasteiger partial charge in [-0.2, -0.15) is 0 Å². The smallest absolute Gasteiger partial charge is 0.295 e. The van der Waals surface area contributed by atoms with E-state index in [0.717, 1.165) is 17.7 Å². The van der Waals surface area contributed by atoms with Gasteiger partial charge < -0.3 is 0 Å². The Morgan fingerprint density at radius 1 is 1.10 bits per heavy atom. The molecule has 1 aliphatic carbocycles. The van der Waals surface area contributed by atoms with E-state index in [1.54, 1.807) is 43.4 Å². The molecule has 0 saturated carbocycles. The molecule has 10 heteroatoms. The monoisotopic (exact) mass is 740 g/mol. The molecule has 0 aromatic heterocycles. The zero-order chi connectivity index (χ0) is 28.7. The van der Waals surface area contributed by atoms with Gasteiger partial charge in [0.25, 0.3) is 11.8 Å². The molecule has 0 radical (unpaired) electrons. The molecule has 4 rings (SSSR count). The normalized spacial score (nSPS) is 21.8. The first-order chi connectivity index (χ1) is 19.2. The third-order valence-corrected chi connectivity index (χ3v) is 11.4. The SMILES string of the molecule is [CH3][Tl][CH2]CCCCCCCNC(=O)COC1(C)C=Cc2cccc3c2C(=C1)C(=O)N(C1CCC(=O)NC1=O)C3=O. The van der Waals surface area contributed by atoms with Crippen molar-refractivity contribution in [3.8, 4) is 0 Å². The molecule has 2 aliphatic heterocycles. The second-order valence-corrected chi connectivity index (χ2v) is 16.2. The van der Waals surface area contributed by atoms with Gasteiger partial charge in [-0.1, -0.05) is 18.2 Å². The number of nitrogens with zero attached hydrogens (tertiary/aromatic N) is 1. The summed E-state index contributed by atoms with van der Waals surface area (Å²) >= 11 is -0.348. The number of benzene rings is 1. The summed E-state index contributed by atoms with van der Waals surface area (Å²) in [6, 6.07) is 4.06. The van der Waals surface area contributed by atoms with Crippen molar-refractivity contribution in [1.29, 1.82) is 0 Å². The average molecular weight is 740 g/mol. The van der Waals surface area contributed by atoms with Gasteiger partial charge in [0.05, 0.1) is 0 Å². The number of carbonyl (C=O) groups is 5. The Balaban J connectivity index is 1.41. The minimum absolute atomic E-state index is 0.0395. The van der Waals surface area contributed by atoms with Gasteiger partial charge in [0.1, 0.15) is 11.6 Å². The van der Waals surface area contributed by atoms with E-state index in [2.05, 4.69) is 15.1 Å². The summed E-state index contributed by atoms with van der Waals surface area (Å²) in [5, 5.41) is 5.14. The maximum absolute atomic E-state index is 13.7. The summed E-state index contributed by atoms with van der Waals surface area (Å²) < 4.78 is 9.93. The molecule has 40 heavy (non-hydrogen) atoms. The van der Waals surface area contributed by atoms with E-state index >= 15 is 0 Å². The predicted octanol–water partition coefficient (Wildman–Crippen LogP) is 3.29. The van der Waals surface area contributed by atoms with Gasteiger partial charge in [-0.25, -0.2) is 0 Å². The topological polar surface area (TPSA) is 122 Å². The fourth-order valence-corrected chi connectivity index (χ4v) is 8.06. The first-order valence-corrected chi connectivity index (χ1v) is 21.9. The fraction of sp³-hybridized carbons (Fsp3) is 0.500. The molecule has 9 nitrogen and oxygen atoms in total. The van der Waals surface area contributed by atoms with Crippen LogP contribution in [0.15, 0.2) is 30.4 Å². The zero-order valence-corrected chi connectivity index (χ0v) is 27.8. The fourth-order valence-electron chi connectivity index (χ4n) is 5.35. The number of amides is 5. The molecule has 2 heterocycles. The summed E-state index contributed by atoms with van der Waals surface area (Å²) in [5.74, 6) is -2.53. The van der Waals surface area contributed by atoms with Crippen LogP contribution in [0.4, 0.5) is 0 Å². The van der Waals surface area contributed by atoms with Crippen molar-refractivity contribution >= 4 is 65.4 Å².